The monoisotopic (exact) mass is 381 g/mol. The molecule has 0 bridgehead atoms. The summed E-state index contributed by atoms with van der Waals surface area (Å²) in [5, 5.41) is 14.5. The number of amides is 1. The van der Waals surface area contributed by atoms with Crippen LogP contribution < -0.4 is 10.2 Å². The van der Waals surface area contributed by atoms with Crippen molar-refractivity contribution in [3.63, 3.8) is 0 Å². The number of nitrogens with zero attached hydrogens (tertiary/aromatic N) is 2. The van der Waals surface area contributed by atoms with Gasteiger partial charge in [0, 0.05) is 37.2 Å². The third kappa shape index (κ3) is 3.86. The van der Waals surface area contributed by atoms with Crippen molar-refractivity contribution < 1.29 is 9.72 Å². The number of carbonyl (C=O) groups excluding carboxylic acids is 1. The van der Waals surface area contributed by atoms with Crippen LogP contribution in [0.5, 0.6) is 0 Å². The fraction of sp³-hybridized carbons (Fsp3) is 0.409. The highest BCUT2D eigenvalue weighted by atomic mass is 16.6. The van der Waals surface area contributed by atoms with Gasteiger partial charge in [-0.1, -0.05) is 31.2 Å². The Morgan fingerprint density at radius 1 is 1.25 bits per heavy atom. The first-order valence-corrected chi connectivity index (χ1v) is 9.80. The van der Waals surface area contributed by atoms with Crippen LogP contribution in [-0.2, 0) is 0 Å². The summed E-state index contributed by atoms with van der Waals surface area (Å²) in [5.74, 6) is -0.296. The summed E-state index contributed by atoms with van der Waals surface area (Å²) in [6.07, 6.45) is 3.27. The first-order valence-electron chi connectivity index (χ1n) is 9.80. The lowest BCUT2D eigenvalue weighted by Gasteiger charge is -2.35. The molecule has 6 nitrogen and oxygen atoms in total. The first kappa shape index (κ1) is 19.9. The number of rotatable bonds is 5. The van der Waals surface area contributed by atoms with E-state index >= 15 is 0 Å². The minimum atomic E-state index is -0.294. The van der Waals surface area contributed by atoms with E-state index in [1.807, 2.05) is 37.3 Å². The molecule has 0 aromatic heterocycles. The lowest BCUT2D eigenvalue weighted by molar-refractivity contribution is -0.384. The highest BCUT2D eigenvalue weighted by molar-refractivity contribution is 5.95. The van der Waals surface area contributed by atoms with E-state index in [0.29, 0.717) is 17.3 Å². The number of anilines is 1. The number of piperidine rings is 1. The predicted molar refractivity (Wildman–Crippen MR) is 111 cm³/mol. The van der Waals surface area contributed by atoms with Crippen molar-refractivity contribution in [1.82, 2.24) is 5.32 Å². The largest absolute Gasteiger partial charge is 0.363 e. The van der Waals surface area contributed by atoms with Gasteiger partial charge in [-0.05, 0) is 49.4 Å². The van der Waals surface area contributed by atoms with Gasteiger partial charge < -0.3 is 10.2 Å². The predicted octanol–water partition coefficient (Wildman–Crippen LogP) is 4.49. The van der Waals surface area contributed by atoms with Crippen LogP contribution in [0.2, 0.25) is 0 Å². The summed E-state index contributed by atoms with van der Waals surface area (Å²) < 4.78 is 0. The van der Waals surface area contributed by atoms with E-state index < -0.39 is 0 Å². The summed E-state index contributed by atoms with van der Waals surface area (Å²) >= 11 is 0. The molecule has 6 heteroatoms. The Labute approximate surface area is 165 Å². The highest BCUT2D eigenvalue weighted by Gasteiger charge is 2.27. The van der Waals surface area contributed by atoms with Crippen LogP contribution in [-0.4, -0.2) is 30.5 Å². The molecule has 1 aliphatic heterocycles. The van der Waals surface area contributed by atoms with Crippen molar-refractivity contribution in [3.8, 4) is 0 Å². The Hall–Kier alpha value is -2.89. The molecular weight excluding hydrogens is 354 g/mol. The summed E-state index contributed by atoms with van der Waals surface area (Å²) in [5.41, 5.74) is 3.10. The maximum Gasteiger partial charge on any atom is 0.292 e. The van der Waals surface area contributed by atoms with Crippen LogP contribution in [0.4, 0.5) is 11.4 Å². The molecule has 0 radical (unpaired) electrons. The molecule has 0 aliphatic carbocycles. The summed E-state index contributed by atoms with van der Waals surface area (Å²) in [6.45, 7) is 4.94. The second-order valence-electron chi connectivity index (χ2n) is 7.43. The Bertz CT molecular complexity index is 881. The molecule has 1 amide bonds. The molecule has 2 unspecified atom stereocenters. The van der Waals surface area contributed by atoms with Crippen LogP contribution in [0.25, 0.3) is 0 Å². The molecule has 3 rings (SSSR count). The number of hydrogen-bond donors (Lipinski definition) is 1. The first-order chi connectivity index (χ1) is 13.4. The van der Waals surface area contributed by atoms with Crippen molar-refractivity contribution >= 4 is 17.3 Å². The molecule has 1 aliphatic rings. The standard InChI is InChI=1S/C22H27N3O3/c1-15-8-6-7-13-24(15)20-12-11-17(14-21(20)25(27)28)16(2)18-9-4-5-10-19(18)22(26)23-3/h4-5,9-12,14-16H,6-8,13H2,1-3H3,(H,23,26). The van der Waals surface area contributed by atoms with Gasteiger partial charge in [-0.15, -0.1) is 0 Å². The smallest absolute Gasteiger partial charge is 0.292 e. The number of nitro benzene ring substituents is 1. The minimum absolute atomic E-state index is 0.135. The van der Waals surface area contributed by atoms with Gasteiger partial charge in [-0.2, -0.15) is 0 Å². The van der Waals surface area contributed by atoms with Crippen LogP contribution in [0, 0.1) is 10.1 Å². The molecular formula is C22H27N3O3. The summed E-state index contributed by atoms with van der Waals surface area (Å²) in [6, 6.07) is 13.2. The molecule has 2 aromatic carbocycles. The third-order valence-corrected chi connectivity index (χ3v) is 5.71. The van der Waals surface area contributed by atoms with Gasteiger partial charge in [0.05, 0.1) is 4.92 Å². The van der Waals surface area contributed by atoms with Crippen LogP contribution in [0.15, 0.2) is 42.5 Å². The van der Waals surface area contributed by atoms with E-state index in [1.165, 1.54) is 0 Å². The zero-order valence-electron chi connectivity index (χ0n) is 16.6. The third-order valence-electron chi connectivity index (χ3n) is 5.71. The van der Waals surface area contributed by atoms with E-state index in [1.54, 1.807) is 19.2 Å². The second kappa shape index (κ2) is 8.42. The Morgan fingerprint density at radius 2 is 2.00 bits per heavy atom. The molecule has 1 fully saturated rings. The Kier molecular flexibility index (Phi) is 5.97. The van der Waals surface area contributed by atoms with Gasteiger partial charge in [0.15, 0.2) is 0 Å². The lowest BCUT2D eigenvalue weighted by atomic mass is 9.88. The quantitative estimate of drug-likeness (QED) is 0.612. The van der Waals surface area contributed by atoms with Crippen molar-refractivity contribution in [1.29, 1.82) is 0 Å². The minimum Gasteiger partial charge on any atom is -0.363 e. The van der Waals surface area contributed by atoms with Crippen molar-refractivity contribution in [2.75, 3.05) is 18.5 Å². The molecule has 0 spiro atoms. The molecule has 148 valence electrons. The summed E-state index contributed by atoms with van der Waals surface area (Å²) in [4.78, 5) is 25.9. The molecule has 28 heavy (non-hydrogen) atoms. The zero-order valence-corrected chi connectivity index (χ0v) is 16.6. The number of benzene rings is 2. The fourth-order valence-corrected chi connectivity index (χ4v) is 4.05. The maximum atomic E-state index is 12.2. The van der Waals surface area contributed by atoms with Crippen LogP contribution in [0.1, 0.15) is 60.5 Å². The van der Waals surface area contributed by atoms with Crippen LogP contribution >= 0.6 is 0 Å². The highest BCUT2D eigenvalue weighted by Crippen LogP contribution is 2.37. The molecule has 0 saturated carbocycles. The second-order valence-corrected chi connectivity index (χ2v) is 7.43. The number of hydrogen-bond acceptors (Lipinski definition) is 4. The van der Waals surface area contributed by atoms with Gasteiger partial charge in [-0.3, -0.25) is 14.9 Å². The molecule has 2 aromatic rings. The molecule has 1 N–H and O–H groups in total. The fourth-order valence-electron chi connectivity index (χ4n) is 4.05. The number of carbonyl (C=O) groups is 1. The Balaban J connectivity index is 2.01. The number of nitrogens with one attached hydrogen (secondary N) is 1. The zero-order chi connectivity index (χ0) is 20.3. The SMILES string of the molecule is CNC(=O)c1ccccc1C(C)c1ccc(N2CCCCC2C)c([N+](=O)[O-])c1. The van der Waals surface area contributed by atoms with Gasteiger partial charge in [0.2, 0.25) is 0 Å². The normalized spacial score (nSPS) is 17.8. The van der Waals surface area contributed by atoms with E-state index in [4.69, 9.17) is 0 Å². The van der Waals surface area contributed by atoms with E-state index in [2.05, 4.69) is 17.1 Å². The van der Waals surface area contributed by atoms with Crippen molar-refractivity contribution in [2.45, 2.75) is 45.1 Å². The van der Waals surface area contributed by atoms with Gasteiger partial charge in [0.25, 0.3) is 11.6 Å². The van der Waals surface area contributed by atoms with E-state index in [-0.39, 0.29) is 22.4 Å². The molecule has 2 atom stereocenters. The summed E-state index contributed by atoms with van der Waals surface area (Å²) in [7, 11) is 1.60. The average molecular weight is 381 g/mol. The van der Waals surface area contributed by atoms with Crippen molar-refractivity contribution in [2.24, 2.45) is 0 Å². The van der Waals surface area contributed by atoms with E-state index in [9.17, 15) is 14.9 Å². The van der Waals surface area contributed by atoms with Gasteiger partial charge in [0.1, 0.15) is 5.69 Å². The number of nitro groups is 1. The lowest BCUT2D eigenvalue weighted by Crippen LogP contribution is -2.37. The Morgan fingerprint density at radius 3 is 2.68 bits per heavy atom. The van der Waals surface area contributed by atoms with Gasteiger partial charge >= 0.3 is 0 Å². The van der Waals surface area contributed by atoms with E-state index in [0.717, 1.165) is 36.9 Å². The topological polar surface area (TPSA) is 75.5 Å². The van der Waals surface area contributed by atoms with Gasteiger partial charge in [-0.25, -0.2) is 0 Å². The average Bonchev–Trinajstić information content (AvgIpc) is 2.72. The molecule has 1 heterocycles. The van der Waals surface area contributed by atoms with Crippen LogP contribution in [0.3, 0.4) is 0 Å². The maximum absolute atomic E-state index is 12.2. The van der Waals surface area contributed by atoms with Crippen molar-refractivity contribution in [3.05, 3.63) is 69.3 Å². The molecule has 1 saturated heterocycles.